The Labute approximate surface area is 185 Å². The molecule has 2 aromatic carbocycles. The average Bonchev–Trinajstić information content (AvgIpc) is 3.44. The molecule has 0 bridgehead atoms. The molecule has 0 atom stereocenters. The van der Waals surface area contributed by atoms with Gasteiger partial charge in [0.25, 0.3) is 5.91 Å². The SMILES string of the molecule is O=C(NOCCO)c1cc2c(ncn2CC2CC2)c(F)c1Nc1ccc(Br)cc1Cl. The molecule has 1 aliphatic carbocycles. The van der Waals surface area contributed by atoms with Crippen LogP contribution in [0.4, 0.5) is 15.8 Å². The maximum atomic E-state index is 15.5. The molecule has 1 amide bonds. The molecule has 4 rings (SSSR count). The fourth-order valence-corrected chi connectivity index (χ4v) is 3.85. The predicted molar refractivity (Wildman–Crippen MR) is 115 cm³/mol. The molecule has 1 fully saturated rings. The highest BCUT2D eigenvalue weighted by Gasteiger charge is 2.26. The molecule has 7 nitrogen and oxygen atoms in total. The highest BCUT2D eigenvalue weighted by atomic mass is 79.9. The van der Waals surface area contributed by atoms with E-state index in [-0.39, 0.29) is 30.0 Å². The summed E-state index contributed by atoms with van der Waals surface area (Å²) in [6.07, 6.45) is 3.85. The lowest BCUT2D eigenvalue weighted by Crippen LogP contribution is -2.26. The minimum atomic E-state index is -0.659. The number of aliphatic hydroxyl groups excluding tert-OH is 1. The third-order valence-electron chi connectivity index (χ3n) is 4.80. The van der Waals surface area contributed by atoms with Crippen molar-refractivity contribution < 1.29 is 19.1 Å². The molecule has 158 valence electrons. The minimum Gasteiger partial charge on any atom is -0.394 e. The van der Waals surface area contributed by atoms with Crippen molar-refractivity contribution >= 4 is 55.8 Å². The number of hydrogen-bond acceptors (Lipinski definition) is 5. The monoisotopic (exact) mass is 496 g/mol. The molecular weight excluding hydrogens is 479 g/mol. The molecule has 1 aliphatic rings. The summed E-state index contributed by atoms with van der Waals surface area (Å²) >= 11 is 9.59. The molecule has 0 spiro atoms. The van der Waals surface area contributed by atoms with Gasteiger partial charge in [-0.1, -0.05) is 27.5 Å². The number of anilines is 2. The molecule has 0 saturated heterocycles. The van der Waals surface area contributed by atoms with Crippen molar-refractivity contribution in [2.45, 2.75) is 19.4 Å². The number of imidazole rings is 1. The molecule has 0 aliphatic heterocycles. The topological polar surface area (TPSA) is 88.4 Å². The molecular formula is C20H19BrClFN4O3. The van der Waals surface area contributed by atoms with E-state index in [4.69, 9.17) is 21.5 Å². The van der Waals surface area contributed by atoms with Gasteiger partial charge in [-0.05, 0) is 43.0 Å². The van der Waals surface area contributed by atoms with E-state index in [1.165, 1.54) is 0 Å². The van der Waals surface area contributed by atoms with Crippen LogP contribution in [0.3, 0.4) is 0 Å². The number of amides is 1. The molecule has 30 heavy (non-hydrogen) atoms. The second-order valence-electron chi connectivity index (χ2n) is 7.07. The Morgan fingerprint density at radius 2 is 2.20 bits per heavy atom. The van der Waals surface area contributed by atoms with Crippen molar-refractivity contribution in [1.29, 1.82) is 0 Å². The number of hydroxylamine groups is 1. The summed E-state index contributed by atoms with van der Waals surface area (Å²) in [4.78, 5) is 21.9. The van der Waals surface area contributed by atoms with Gasteiger partial charge >= 0.3 is 0 Å². The van der Waals surface area contributed by atoms with Crippen LogP contribution in [-0.4, -0.2) is 33.8 Å². The van der Waals surface area contributed by atoms with Gasteiger partial charge in [0.05, 0.1) is 47.0 Å². The number of halogens is 3. The van der Waals surface area contributed by atoms with Crippen LogP contribution >= 0.6 is 27.5 Å². The van der Waals surface area contributed by atoms with E-state index in [9.17, 15) is 4.79 Å². The van der Waals surface area contributed by atoms with Crippen molar-refractivity contribution in [3.63, 3.8) is 0 Å². The van der Waals surface area contributed by atoms with Crippen molar-refractivity contribution in [1.82, 2.24) is 15.0 Å². The number of nitrogens with zero attached hydrogens (tertiary/aromatic N) is 2. The Balaban J connectivity index is 1.78. The number of fused-ring (bicyclic) bond motifs is 1. The van der Waals surface area contributed by atoms with Crippen LogP contribution in [0.1, 0.15) is 23.2 Å². The zero-order valence-electron chi connectivity index (χ0n) is 15.8. The van der Waals surface area contributed by atoms with Gasteiger partial charge in [0.15, 0.2) is 5.82 Å². The second-order valence-corrected chi connectivity index (χ2v) is 8.40. The van der Waals surface area contributed by atoms with E-state index >= 15 is 4.39 Å². The molecule has 1 heterocycles. The largest absolute Gasteiger partial charge is 0.394 e. The van der Waals surface area contributed by atoms with Crippen molar-refractivity contribution in [2.24, 2.45) is 5.92 Å². The summed E-state index contributed by atoms with van der Waals surface area (Å²) < 4.78 is 18.1. The molecule has 10 heteroatoms. The number of nitrogens with one attached hydrogen (secondary N) is 2. The van der Waals surface area contributed by atoms with E-state index < -0.39 is 11.7 Å². The Hall–Kier alpha value is -2.20. The third-order valence-corrected chi connectivity index (χ3v) is 5.61. The lowest BCUT2D eigenvalue weighted by molar-refractivity contribution is 0.0169. The van der Waals surface area contributed by atoms with Crippen LogP contribution in [0.5, 0.6) is 0 Å². The highest BCUT2D eigenvalue weighted by molar-refractivity contribution is 9.10. The molecule has 3 aromatic rings. The summed E-state index contributed by atoms with van der Waals surface area (Å²) in [5.74, 6) is -0.762. The molecule has 0 unspecified atom stereocenters. The predicted octanol–water partition coefficient (Wildman–Crippen LogP) is 4.40. The molecule has 1 saturated carbocycles. The Morgan fingerprint density at radius 3 is 2.90 bits per heavy atom. The fourth-order valence-electron chi connectivity index (χ4n) is 3.13. The first kappa shape index (κ1) is 21.0. The van der Waals surface area contributed by atoms with E-state index in [1.807, 2.05) is 4.57 Å². The molecule has 1 aromatic heterocycles. The maximum Gasteiger partial charge on any atom is 0.277 e. The van der Waals surface area contributed by atoms with Crippen LogP contribution in [-0.2, 0) is 11.4 Å². The lowest BCUT2D eigenvalue weighted by atomic mass is 10.1. The number of carbonyl (C=O) groups excluding carboxylic acids is 1. The number of hydrogen-bond donors (Lipinski definition) is 3. The quantitative estimate of drug-likeness (QED) is 0.317. The zero-order valence-corrected chi connectivity index (χ0v) is 18.1. The van der Waals surface area contributed by atoms with Crippen molar-refractivity contribution in [2.75, 3.05) is 18.5 Å². The van der Waals surface area contributed by atoms with E-state index in [0.29, 0.717) is 22.1 Å². The van der Waals surface area contributed by atoms with Crippen LogP contribution in [0, 0.1) is 11.7 Å². The van der Waals surface area contributed by atoms with Gasteiger partial charge in [-0.25, -0.2) is 14.9 Å². The first-order valence-corrected chi connectivity index (χ1v) is 10.6. The summed E-state index contributed by atoms with van der Waals surface area (Å²) in [7, 11) is 0. The molecule has 3 N–H and O–H groups in total. The van der Waals surface area contributed by atoms with E-state index in [0.717, 1.165) is 23.9 Å². The fraction of sp³-hybridized carbons (Fsp3) is 0.300. The van der Waals surface area contributed by atoms with Crippen LogP contribution in [0.2, 0.25) is 5.02 Å². The average molecular weight is 498 g/mol. The lowest BCUT2D eigenvalue weighted by Gasteiger charge is -2.15. The minimum absolute atomic E-state index is 0.0365. The standard InChI is InChI=1S/C20H19BrClFN4O3/c21-12-3-4-15(14(22)7-12)25-18-13(20(29)26-30-6-5-28)8-16-19(17(18)23)24-10-27(16)9-11-1-2-11/h3-4,7-8,10-11,25,28H,1-2,5-6,9H2,(H,26,29). The van der Waals surface area contributed by atoms with Crippen LogP contribution < -0.4 is 10.8 Å². The number of aliphatic hydroxyl groups is 1. The Bertz CT molecular complexity index is 1100. The van der Waals surface area contributed by atoms with Crippen molar-refractivity contribution in [3.05, 3.63) is 51.5 Å². The second kappa shape index (κ2) is 8.89. The van der Waals surface area contributed by atoms with E-state index in [2.05, 4.69) is 31.7 Å². The maximum absolute atomic E-state index is 15.5. The van der Waals surface area contributed by atoms with Crippen molar-refractivity contribution in [3.8, 4) is 0 Å². The van der Waals surface area contributed by atoms with E-state index in [1.54, 1.807) is 30.6 Å². The van der Waals surface area contributed by atoms with Gasteiger partial charge in [-0.15, -0.1) is 0 Å². The van der Waals surface area contributed by atoms with Gasteiger partial charge in [0.1, 0.15) is 5.52 Å². The van der Waals surface area contributed by atoms with Gasteiger partial charge < -0.3 is 15.0 Å². The van der Waals surface area contributed by atoms with Gasteiger partial charge in [-0.2, -0.15) is 0 Å². The Kier molecular flexibility index (Phi) is 6.24. The van der Waals surface area contributed by atoms with Gasteiger partial charge in [-0.3, -0.25) is 9.63 Å². The third kappa shape index (κ3) is 4.44. The highest BCUT2D eigenvalue weighted by Crippen LogP contribution is 2.36. The number of benzene rings is 2. The molecule has 0 radical (unpaired) electrons. The summed E-state index contributed by atoms with van der Waals surface area (Å²) in [6, 6.07) is 6.67. The number of carbonyl (C=O) groups is 1. The number of rotatable bonds is 8. The van der Waals surface area contributed by atoms with Crippen LogP contribution in [0.25, 0.3) is 11.0 Å². The Morgan fingerprint density at radius 1 is 1.40 bits per heavy atom. The zero-order chi connectivity index (χ0) is 21.3. The summed E-state index contributed by atoms with van der Waals surface area (Å²) in [5.41, 5.74) is 3.33. The summed E-state index contributed by atoms with van der Waals surface area (Å²) in [5, 5.41) is 12.1. The summed E-state index contributed by atoms with van der Waals surface area (Å²) in [6.45, 7) is 0.377. The van der Waals surface area contributed by atoms with Gasteiger partial charge in [0.2, 0.25) is 0 Å². The van der Waals surface area contributed by atoms with Gasteiger partial charge in [0, 0.05) is 11.0 Å². The van der Waals surface area contributed by atoms with Crippen LogP contribution in [0.15, 0.2) is 35.1 Å². The number of aromatic nitrogens is 2. The first-order chi connectivity index (χ1) is 14.5. The first-order valence-electron chi connectivity index (χ1n) is 9.40. The smallest absolute Gasteiger partial charge is 0.277 e. The normalized spacial score (nSPS) is 13.6.